The van der Waals surface area contributed by atoms with E-state index in [4.69, 9.17) is 5.73 Å². The van der Waals surface area contributed by atoms with Gasteiger partial charge in [0.2, 0.25) is 0 Å². The van der Waals surface area contributed by atoms with Gasteiger partial charge in [-0.2, -0.15) is 0 Å². The molecular formula is C13H16N4. The quantitative estimate of drug-likeness (QED) is 0.842. The van der Waals surface area contributed by atoms with Crippen LogP contribution < -0.4 is 11.1 Å². The summed E-state index contributed by atoms with van der Waals surface area (Å²) in [5.41, 5.74) is 6.89. The predicted molar refractivity (Wildman–Crippen MR) is 69.8 cm³/mol. The fourth-order valence-electron chi connectivity index (χ4n) is 1.63. The van der Waals surface area contributed by atoms with Crippen LogP contribution in [0.1, 0.15) is 18.4 Å². The molecule has 88 valence electrons. The summed E-state index contributed by atoms with van der Waals surface area (Å²) in [5, 5.41) is 3.25. The molecule has 17 heavy (non-hydrogen) atoms. The lowest BCUT2D eigenvalue weighted by atomic mass is 10.0. The van der Waals surface area contributed by atoms with Gasteiger partial charge in [0.15, 0.2) is 0 Å². The van der Waals surface area contributed by atoms with Gasteiger partial charge in [-0.1, -0.05) is 37.3 Å². The monoisotopic (exact) mass is 228 g/mol. The summed E-state index contributed by atoms with van der Waals surface area (Å²) in [4.78, 5) is 7.95. The Kier molecular flexibility index (Phi) is 3.55. The maximum atomic E-state index is 5.58. The summed E-state index contributed by atoms with van der Waals surface area (Å²) in [5.74, 6) is 1.67. The minimum Gasteiger partial charge on any atom is -0.384 e. The van der Waals surface area contributed by atoms with E-state index in [-0.39, 0.29) is 0 Å². The number of hydrogen-bond acceptors (Lipinski definition) is 4. The van der Waals surface area contributed by atoms with E-state index in [1.54, 1.807) is 6.07 Å². The first kappa shape index (κ1) is 11.4. The Hall–Kier alpha value is -2.10. The van der Waals surface area contributed by atoms with Crippen molar-refractivity contribution in [1.82, 2.24) is 9.97 Å². The first-order valence-corrected chi connectivity index (χ1v) is 5.62. The zero-order valence-corrected chi connectivity index (χ0v) is 9.80. The molecule has 0 aliphatic heterocycles. The average Bonchev–Trinajstić information content (AvgIpc) is 2.37. The molecule has 4 heteroatoms. The SMILES string of the molecule is CC(CNc1cc(N)ncn1)c1ccccc1. The maximum Gasteiger partial charge on any atom is 0.131 e. The van der Waals surface area contributed by atoms with E-state index in [1.165, 1.54) is 11.9 Å². The van der Waals surface area contributed by atoms with Gasteiger partial charge in [0.1, 0.15) is 18.0 Å². The van der Waals surface area contributed by atoms with Crippen LogP contribution >= 0.6 is 0 Å². The number of nitrogens with two attached hydrogens (primary N) is 1. The van der Waals surface area contributed by atoms with Gasteiger partial charge < -0.3 is 11.1 Å². The van der Waals surface area contributed by atoms with Crippen molar-refractivity contribution in [3.8, 4) is 0 Å². The third-order valence-electron chi connectivity index (χ3n) is 2.65. The summed E-state index contributed by atoms with van der Waals surface area (Å²) in [7, 11) is 0. The highest BCUT2D eigenvalue weighted by molar-refractivity contribution is 5.43. The summed E-state index contributed by atoms with van der Waals surface area (Å²) < 4.78 is 0. The van der Waals surface area contributed by atoms with Crippen molar-refractivity contribution >= 4 is 11.6 Å². The second-order valence-corrected chi connectivity index (χ2v) is 4.02. The van der Waals surface area contributed by atoms with E-state index in [1.807, 2.05) is 6.07 Å². The molecule has 0 amide bonds. The van der Waals surface area contributed by atoms with Crippen molar-refractivity contribution in [2.45, 2.75) is 12.8 Å². The van der Waals surface area contributed by atoms with Gasteiger partial charge in [0.05, 0.1) is 0 Å². The van der Waals surface area contributed by atoms with E-state index >= 15 is 0 Å². The fraction of sp³-hybridized carbons (Fsp3) is 0.231. The van der Waals surface area contributed by atoms with Crippen LogP contribution in [0.4, 0.5) is 11.6 Å². The highest BCUT2D eigenvalue weighted by atomic mass is 15.0. The van der Waals surface area contributed by atoms with Gasteiger partial charge in [-0.25, -0.2) is 9.97 Å². The van der Waals surface area contributed by atoms with Crippen molar-refractivity contribution in [1.29, 1.82) is 0 Å². The molecule has 0 aliphatic rings. The first-order valence-electron chi connectivity index (χ1n) is 5.62. The van der Waals surface area contributed by atoms with Crippen molar-refractivity contribution < 1.29 is 0 Å². The molecule has 4 nitrogen and oxygen atoms in total. The molecule has 1 aromatic heterocycles. The Morgan fingerprint density at radius 1 is 1.24 bits per heavy atom. The van der Waals surface area contributed by atoms with Crippen LogP contribution in [0.2, 0.25) is 0 Å². The third-order valence-corrected chi connectivity index (χ3v) is 2.65. The number of benzene rings is 1. The number of anilines is 2. The van der Waals surface area contributed by atoms with Crippen LogP contribution in [-0.4, -0.2) is 16.5 Å². The summed E-state index contributed by atoms with van der Waals surface area (Å²) in [6, 6.07) is 12.1. The van der Waals surface area contributed by atoms with Crippen molar-refractivity contribution in [2.24, 2.45) is 0 Å². The lowest BCUT2D eigenvalue weighted by Gasteiger charge is -2.13. The molecule has 3 N–H and O–H groups in total. The zero-order chi connectivity index (χ0) is 12.1. The largest absolute Gasteiger partial charge is 0.384 e. The van der Waals surface area contributed by atoms with E-state index in [0.717, 1.165) is 12.4 Å². The molecule has 2 aromatic rings. The molecule has 0 bridgehead atoms. The van der Waals surface area contributed by atoms with Crippen molar-refractivity contribution in [2.75, 3.05) is 17.6 Å². The second-order valence-electron chi connectivity index (χ2n) is 4.02. The first-order chi connectivity index (χ1) is 8.25. The average molecular weight is 228 g/mol. The van der Waals surface area contributed by atoms with Gasteiger partial charge in [0, 0.05) is 12.6 Å². The van der Waals surface area contributed by atoms with Gasteiger partial charge >= 0.3 is 0 Å². The van der Waals surface area contributed by atoms with E-state index in [2.05, 4.69) is 46.5 Å². The summed E-state index contributed by atoms with van der Waals surface area (Å²) in [6.07, 6.45) is 1.46. The predicted octanol–water partition coefficient (Wildman–Crippen LogP) is 2.27. The Morgan fingerprint density at radius 2 is 2.00 bits per heavy atom. The summed E-state index contributed by atoms with van der Waals surface area (Å²) >= 11 is 0. The topological polar surface area (TPSA) is 63.8 Å². The number of rotatable bonds is 4. The Morgan fingerprint density at radius 3 is 2.71 bits per heavy atom. The second kappa shape index (κ2) is 5.30. The van der Waals surface area contributed by atoms with Crippen molar-refractivity contribution in [3.05, 3.63) is 48.3 Å². The molecule has 0 saturated carbocycles. The lowest BCUT2D eigenvalue weighted by Crippen LogP contribution is -2.11. The fourth-order valence-corrected chi connectivity index (χ4v) is 1.63. The number of nitrogens with one attached hydrogen (secondary N) is 1. The lowest BCUT2D eigenvalue weighted by molar-refractivity contribution is 0.801. The smallest absolute Gasteiger partial charge is 0.131 e. The van der Waals surface area contributed by atoms with Crippen LogP contribution in [-0.2, 0) is 0 Å². The van der Waals surface area contributed by atoms with Gasteiger partial charge in [-0.05, 0) is 11.5 Å². The Labute approximate surface area is 101 Å². The number of aromatic nitrogens is 2. The van der Waals surface area contributed by atoms with Crippen LogP contribution in [0.5, 0.6) is 0 Å². The van der Waals surface area contributed by atoms with E-state index < -0.39 is 0 Å². The molecule has 1 atom stereocenters. The van der Waals surface area contributed by atoms with Crippen LogP contribution in [0, 0.1) is 0 Å². The highest BCUT2D eigenvalue weighted by Gasteiger charge is 2.04. The Bertz CT molecular complexity index is 470. The number of nitrogen functional groups attached to an aromatic ring is 1. The zero-order valence-electron chi connectivity index (χ0n) is 9.80. The van der Waals surface area contributed by atoms with Crippen molar-refractivity contribution in [3.63, 3.8) is 0 Å². The molecule has 1 heterocycles. The molecule has 0 saturated heterocycles. The third kappa shape index (κ3) is 3.17. The molecule has 2 rings (SSSR count). The molecular weight excluding hydrogens is 212 g/mol. The summed E-state index contributed by atoms with van der Waals surface area (Å²) in [6.45, 7) is 2.99. The maximum absolute atomic E-state index is 5.58. The molecule has 1 aromatic carbocycles. The number of hydrogen-bond donors (Lipinski definition) is 2. The Balaban J connectivity index is 1.95. The molecule has 0 spiro atoms. The van der Waals surface area contributed by atoms with E-state index in [9.17, 15) is 0 Å². The highest BCUT2D eigenvalue weighted by Crippen LogP contribution is 2.15. The normalized spacial score (nSPS) is 12.1. The number of nitrogens with zero attached hydrogens (tertiary/aromatic N) is 2. The van der Waals surface area contributed by atoms with Crippen LogP contribution in [0.3, 0.4) is 0 Å². The van der Waals surface area contributed by atoms with E-state index in [0.29, 0.717) is 11.7 Å². The molecule has 0 aliphatic carbocycles. The molecule has 1 unspecified atom stereocenters. The minimum absolute atomic E-state index is 0.424. The van der Waals surface area contributed by atoms with Crippen LogP contribution in [0.25, 0.3) is 0 Å². The van der Waals surface area contributed by atoms with Crippen LogP contribution in [0.15, 0.2) is 42.7 Å². The van der Waals surface area contributed by atoms with Gasteiger partial charge in [0.25, 0.3) is 0 Å². The van der Waals surface area contributed by atoms with Gasteiger partial charge in [-0.15, -0.1) is 0 Å². The standard InChI is InChI=1S/C13H16N4/c1-10(11-5-3-2-4-6-11)8-15-13-7-12(14)16-9-17-13/h2-7,9-10H,8H2,1H3,(H3,14,15,16,17). The minimum atomic E-state index is 0.424. The molecule has 0 radical (unpaired) electrons. The molecule has 0 fully saturated rings. The van der Waals surface area contributed by atoms with Gasteiger partial charge in [-0.3, -0.25) is 0 Å².